The Morgan fingerprint density at radius 3 is 1.68 bits per heavy atom. The maximum Gasteiger partial charge on any atom is 0.326 e. The Bertz CT molecular complexity index is 1870. The second kappa shape index (κ2) is 25.7. The molecule has 340 valence electrons. The van der Waals surface area contributed by atoms with Crippen LogP contribution in [-0.4, -0.2) is 111 Å². The Morgan fingerprint density at radius 2 is 1.13 bits per heavy atom. The monoisotopic (exact) mass is 870 g/mol. The molecule has 0 fully saturated rings. The van der Waals surface area contributed by atoms with Crippen molar-refractivity contribution in [3.05, 3.63) is 75.8 Å². The molecule has 2 rings (SSSR count). The molecule has 0 aliphatic carbocycles. The number of hydrazine groups is 1. The van der Waals surface area contributed by atoms with E-state index in [-0.39, 0.29) is 37.9 Å². The quantitative estimate of drug-likeness (QED) is 0.0274. The first-order valence-electron chi connectivity index (χ1n) is 20.0. The lowest BCUT2D eigenvalue weighted by atomic mass is 10.0. The van der Waals surface area contributed by atoms with Crippen LogP contribution in [0, 0.1) is 16.0 Å². The number of hydrogen-bond donors (Lipinski definition) is 11. The molecule has 0 saturated heterocycles. The Kier molecular flexibility index (Phi) is 21.3. The Balaban J connectivity index is 2.16. The Morgan fingerprint density at radius 1 is 0.629 bits per heavy atom. The standard InChI is InChI=1S/C40H58N10O12/c1-22(2)33(48-38(57)31(49-50(61)62)21-26-13-15-27(51)16-14-26)39(58)44-23(3)34(53)43-24(4)35(54)45-28(17-18-32(42)52)36(55)47-30(20-25-10-6-5-7-11-25)37(56)46-29(40(59)60)12-8-9-19-41/h5-7,10-11,13-16,22-24,28-31,33,49,51H,8-9,12,17-21,41H2,1-4H3,(H2,42,52)(H,43,53)(H,44,58)(H,45,54)(H,46,56)(H,47,55)(H,48,57)(H,59,60)/t23-,24-,28-,29-,30-,31-,33-/m0/s1. The number of benzene rings is 2. The molecule has 0 aliphatic heterocycles. The first kappa shape index (κ1) is 51.3. The maximum absolute atomic E-state index is 13.7. The molecule has 22 heteroatoms. The average Bonchev–Trinajstić information content (AvgIpc) is 3.20. The smallest absolute Gasteiger partial charge is 0.326 e. The number of primary amides is 1. The fraction of sp³-hybridized carbons (Fsp3) is 0.500. The number of aromatic hydroxyl groups is 1. The maximum atomic E-state index is 13.7. The SMILES string of the molecule is CC(C)[C@H](NC(=O)[C@H](Cc1ccc(O)cc1)N[N+](=O)[O-])C(=O)N[C@@H](C)C(=O)N[C@@H](C)C(=O)N[C@@H](CCC(N)=O)C(=O)N[C@@H](Cc1ccccc1)C(=O)N[C@@H](CCCCN)C(=O)O. The normalized spacial score (nSPS) is 14.3. The van der Waals surface area contributed by atoms with Gasteiger partial charge in [-0.25, -0.2) is 14.9 Å². The summed E-state index contributed by atoms with van der Waals surface area (Å²) in [6, 6.07) is 4.75. The second-order valence-electron chi connectivity index (χ2n) is 15.0. The van der Waals surface area contributed by atoms with Crippen LogP contribution in [0.15, 0.2) is 54.6 Å². The summed E-state index contributed by atoms with van der Waals surface area (Å²) in [6.45, 7) is 6.09. The lowest BCUT2D eigenvalue weighted by Crippen LogP contribution is -2.60. The van der Waals surface area contributed by atoms with Crippen molar-refractivity contribution >= 4 is 47.3 Å². The molecule has 2 aromatic carbocycles. The van der Waals surface area contributed by atoms with Gasteiger partial charge in [0.05, 0.1) is 0 Å². The van der Waals surface area contributed by atoms with Gasteiger partial charge in [-0.1, -0.05) is 56.3 Å². The molecule has 13 N–H and O–H groups in total. The van der Waals surface area contributed by atoms with Crippen molar-refractivity contribution in [3.63, 3.8) is 0 Å². The van der Waals surface area contributed by atoms with Crippen LogP contribution in [0.2, 0.25) is 0 Å². The van der Waals surface area contributed by atoms with Crippen LogP contribution in [0.1, 0.15) is 70.9 Å². The molecule has 22 nitrogen and oxygen atoms in total. The van der Waals surface area contributed by atoms with Gasteiger partial charge in [0.1, 0.15) is 42.0 Å². The Labute approximate surface area is 358 Å². The van der Waals surface area contributed by atoms with Crippen molar-refractivity contribution in [3.8, 4) is 5.75 Å². The van der Waals surface area contributed by atoms with Crippen LogP contribution in [0.4, 0.5) is 0 Å². The van der Waals surface area contributed by atoms with E-state index in [9.17, 15) is 58.7 Å². The molecule has 7 atom stereocenters. The number of nitrogens with zero attached hydrogens (tertiary/aromatic N) is 1. The summed E-state index contributed by atoms with van der Waals surface area (Å²) in [7, 11) is 0. The number of unbranched alkanes of at least 4 members (excludes halogenated alkanes) is 1. The highest BCUT2D eigenvalue weighted by atomic mass is 16.7. The number of aliphatic carboxylic acids is 1. The summed E-state index contributed by atoms with van der Waals surface area (Å²) >= 11 is 0. The molecule has 62 heavy (non-hydrogen) atoms. The number of amides is 7. The molecule has 0 saturated carbocycles. The predicted molar refractivity (Wildman–Crippen MR) is 223 cm³/mol. The number of carbonyl (C=O) groups is 8. The van der Waals surface area contributed by atoms with Crippen LogP contribution in [0.25, 0.3) is 0 Å². The van der Waals surface area contributed by atoms with Crippen LogP contribution in [-0.2, 0) is 51.2 Å². The molecular formula is C40H58N10O12. The highest BCUT2D eigenvalue weighted by Gasteiger charge is 2.34. The molecule has 0 spiro atoms. The van der Waals surface area contributed by atoms with Crippen molar-refractivity contribution in [2.24, 2.45) is 17.4 Å². The number of rotatable bonds is 27. The van der Waals surface area contributed by atoms with E-state index < -0.39 is 101 Å². The van der Waals surface area contributed by atoms with Crippen molar-refractivity contribution in [1.82, 2.24) is 37.3 Å². The van der Waals surface area contributed by atoms with Gasteiger partial charge in [-0.15, -0.1) is 5.43 Å². The lowest BCUT2D eigenvalue weighted by molar-refractivity contribution is -0.548. The fourth-order valence-corrected chi connectivity index (χ4v) is 5.96. The van der Waals surface area contributed by atoms with E-state index in [0.717, 1.165) is 0 Å². The third-order valence-electron chi connectivity index (χ3n) is 9.49. The number of phenols is 1. The molecule has 0 aliphatic rings. The predicted octanol–water partition coefficient (Wildman–Crippen LogP) is -1.59. The number of phenolic OH excluding ortho intramolecular Hbond substituents is 1. The van der Waals surface area contributed by atoms with E-state index in [1.54, 1.807) is 44.2 Å². The molecule has 0 unspecified atom stereocenters. The summed E-state index contributed by atoms with van der Waals surface area (Å²) < 4.78 is 0. The zero-order valence-corrected chi connectivity index (χ0v) is 35.1. The number of hydrogen-bond acceptors (Lipinski definition) is 12. The van der Waals surface area contributed by atoms with Gasteiger partial charge in [0.25, 0.3) is 0 Å². The van der Waals surface area contributed by atoms with Gasteiger partial charge < -0.3 is 53.6 Å². The number of carboxylic acids is 1. The minimum atomic E-state index is -1.46. The largest absolute Gasteiger partial charge is 0.508 e. The van der Waals surface area contributed by atoms with E-state index in [0.29, 0.717) is 30.5 Å². The molecule has 0 heterocycles. The van der Waals surface area contributed by atoms with Gasteiger partial charge in [-0.05, 0) is 75.3 Å². The van der Waals surface area contributed by atoms with Crippen molar-refractivity contribution in [2.75, 3.05) is 6.54 Å². The second-order valence-corrected chi connectivity index (χ2v) is 15.0. The Hall–Kier alpha value is -6.84. The van der Waals surface area contributed by atoms with Crippen molar-refractivity contribution in [1.29, 1.82) is 0 Å². The van der Waals surface area contributed by atoms with Gasteiger partial charge in [0.15, 0.2) is 11.1 Å². The van der Waals surface area contributed by atoms with E-state index >= 15 is 0 Å². The van der Waals surface area contributed by atoms with Crippen LogP contribution >= 0.6 is 0 Å². The summed E-state index contributed by atoms with van der Waals surface area (Å²) in [4.78, 5) is 115. The van der Waals surface area contributed by atoms with Crippen molar-refractivity contribution < 1.29 is 53.6 Å². The van der Waals surface area contributed by atoms with Crippen LogP contribution in [0.3, 0.4) is 0 Å². The first-order chi connectivity index (χ1) is 29.2. The fourth-order valence-electron chi connectivity index (χ4n) is 5.96. The summed E-state index contributed by atoms with van der Waals surface area (Å²) in [5, 5.41) is 44.4. The zero-order chi connectivity index (χ0) is 46.5. The number of nitro groups is 1. The summed E-state index contributed by atoms with van der Waals surface area (Å²) in [5.74, 6) is -7.91. The van der Waals surface area contributed by atoms with Gasteiger partial charge >= 0.3 is 5.97 Å². The zero-order valence-electron chi connectivity index (χ0n) is 35.1. The molecule has 0 bridgehead atoms. The highest BCUT2D eigenvalue weighted by molar-refractivity contribution is 5.97. The van der Waals surface area contributed by atoms with Gasteiger partial charge in [-0.2, -0.15) is 0 Å². The number of carboxylic acid groups (broad SMARTS) is 1. The van der Waals surface area contributed by atoms with Gasteiger partial charge in [-0.3, -0.25) is 33.6 Å². The topological polar surface area (TPSA) is 356 Å². The third kappa shape index (κ3) is 18.2. The first-order valence-corrected chi connectivity index (χ1v) is 20.0. The van der Waals surface area contributed by atoms with E-state index in [1.807, 2.05) is 5.43 Å². The molecule has 0 aromatic heterocycles. The van der Waals surface area contributed by atoms with Gasteiger partial charge in [0.2, 0.25) is 41.4 Å². The summed E-state index contributed by atoms with van der Waals surface area (Å²) in [5.41, 5.74) is 13.9. The minimum absolute atomic E-state index is 0.0512. The molecule has 7 amide bonds. The van der Waals surface area contributed by atoms with Gasteiger partial charge in [0, 0.05) is 19.3 Å². The lowest BCUT2D eigenvalue weighted by Gasteiger charge is -2.26. The highest BCUT2D eigenvalue weighted by Crippen LogP contribution is 2.13. The van der Waals surface area contributed by atoms with Crippen molar-refractivity contribution in [2.45, 2.75) is 115 Å². The number of carbonyl (C=O) groups excluding carboxylic acids is 7. The van der Waals surface area contributed by atoms with Crippen LogP contribution in [0.5, 0.6) is 5.75 Å². The van der Waals surface area contributed by atoms with Crippen LogP contribution < -0.4 is 48.8 Å². The molecule has 2 aromatic rings. The minimum Gasteiger partial charge on any atom is -0.508 e. The number of nitrogens with one attached hydrogen (secondary N) is 7. The molecular weight excluding hydrogens is 812 g/mol. The average molecular weight is 871 g/mol. The van der Waals surface area contributed by atoms with E-state index in [2.05, 4.69) is 31.9 Å². The van der Waals surface area contributed by atoms with E-state index in [4.69, 9.17) is 11.5 Å². The molecule has 0 radical (unpaired) electrons. The third-order valence-corrected chi connectivity index (χ3v) is 9.49. The van der Waals surface area contributed by atoms with E-state index in [1.165, 1.54) is 38.1 Å². The summed E-state index contributed by atoms with van der Waals surface area (Å²) in [6.07, 6.45) is 0.0908. The number of nitrogens with two attached hydrogens (primary N) is 2.